The Hall–Kier alpha value is -0.910. The largest absolute Gasteiger partial charge is 0.460 e. The highest BCUT2D eigenvalue weighted by Crippen LogP contribution is 1.95. The summed E-state index contributed by atoms with van der Waals surface area (Å²) in [6.45, 7) is 6.56. The molecule has 94 valence electrons. The lowest BCUT2D eigenvalue weighted by molar-refractivity contribution is -0.143. The fraction of sp³-hybridized carbons (Fsp3) is 0.727. The molecular formula is C11H21NO4. The summed E-state index contributed by atoms with van der Waals surface area (Å²) in [4.78, 5) is 11.0. The van der Waals surface area contributed by atoms with Crippen molar-refractivity contribution in [2.24, 2.45) is 0 Å². The molecular weight excluding hydrogens is 210 g/mol. The summed E-state index contributed by atoms with van der Waals surface area (Å²) in [5.41, 5.74) is 0.321. The van der Waals surface area contributed by atoms with Gasteiger partial charge in [0.2, 0.25) is 0 Å². The molecule has 0 heterocycles. The van der Waals surface area contributed by atoms with Crippen LogP contribution < -0.4 is 5.32 Å². The Kier molecular flexibility index (Phi) is 8.80. The van der Waals surface area contributed by atoms with Crippen LogP contribution in [0.3, 0.4) is 0 Å². The van der Waals surface area contributed by atoms with Gasteiger partial charge in [-0.2, -0.15) is 0 Å². The third kappa shape index (κ3) is 8.40. The Morgan fingerprint density at radius 1 is 1.50 bits per heavy atom. The van der Waals surface area contributed by atoms with Crippen molar-refractivity contribution in [3.8, 4) is 0 Å². The van der Waals surface area contributed by atoms with Gasteiger partial charge in [-0.1, -0.05) is 6.58 Å². The van der Waals surface area contributed by atoms with E-state index in [1.165, 1.54) is 0 Å². The fourth-order valence-corrected chi connectivity index (χ4v) is 0.914. The zero-order chi connectivity index (χ0) is 12.4. The van der Waals surface area contributed by atoms with Crippen molar-refractivity contribution in [3.63, 3.8) is 0 Å². The Morgan fingerprint density at radius 2 is 2.19 bits per heavy atom. The Bertz CT molecular complexity index is 218. The molecule has 16 heavy (non-hydrogen) atoms. The molecule has 0 saturated carbocycles. The van der Waals surface area contributed by atoms with E-state index in [4.69, 9.17) is 9.47 Å². The lowest BCUT2D eigenvalue weighted by Crippen LogP contribution is -2.24. The summed E-state index contributed by atoms with van der Waals surface area (Å²) in [6.07, 6.45) is 0.104. The molecule has 0 spiro atoms. The Labute approximate surface area is 96.4 Å². The molecule has 5 heteroatoms. The number of hydrogen-bond donors (Lipinski definition) is 2. The molecule has 0 aromatic carbocycles. The van der Waals surface area contributed by atoms with E-state index in [9.17, 15) is 9.90 Å². The first-order valence-corrected chi connectivity index (χ1v) is 5.31. The van der Waals surface area contributed by atoms with Gasteiger partial charge in [-0.25, -0.2) is 4.79 Å². The van der Waals surface area contributed by atoms with E-state index in [1.54, 1.807) is 6.92 Å². The lowest BCUT2D eigenvalue weighted by atomic mass is 10.3. The standard InChI is InChI=1S/C11H21NO4/c1-9(2)11(14)16-8-10(13)7-15-6-4-5-12-3/h10,12-13H,1,4-8H2,2-3H3. The first-order valence-electron chi connectivity index (χ1n) is 5.31. The smallest absolute Gasteiger partial charge is 0.333 e. The third-order valence-electron chi connectivity index (χ3n) is 1.78. The Morgan fingerprint density at radius 3 is 2.75 bits per heavy atom. The molecule has 0 aliphatic carbocycles. The van der Waals surface area contributed by atoms with Crippen LogP contribution in [0, 0.1) is 0 Å². The zero-order valence-electron chi connectivity index (χ0n) is 9.99. The fourth-order valence-electron chi connectivity index (χ4n) is 0.914. The van der Waals surface area contributed by atoms with Gasteiger partial charge >= 0.3 is 5.97 Å². The average molecular weight is 231 g/mol. The first-order chi connectivity index (χ1) is 7.57. The number of carbonyl (C=O) groups is 1. The van der Waals surface area contributed by atoms with Gasteiger partial charge in [-0.05, 0) is 26.9 Å². The average Bonchev–Trinajstić information content (AvgIpc) is 2.25. The van der Waals surface area contributed by atoms with E-state index < -0.39 is 12.1 Å². The lowest BCUT2D eigenvalue weighted by Gasteiger charge is -2.11. The van der Waals surface area contributed by atoms with Crippen LogP contribution in [-0.4, -0.2) is 50.6 Å². The second kappa shape index (κ2) is 9.33. The molecule has 2 N–H and O–H groups in total. The van der Waals surface area contributed by atoms with Crippen LogP contribution in [0.5, 0.6) is 0 Å². The van der Waals surface area contributed by atoms with Crippen LogP contribution in [0.1, 0.15) is 13.3 Å². The maximum atomic E-state index is 11.0. The number of aliphatic hydroxyl groups is 1. The summed E-state index contributed by atoms with van der Waals surface area (Å²) < 4.78 is 9.95. The highest BCUT2D eigenvalue weighted by molar-refractivity contribution is 5.86. The highest BCUT2D eigenvalue weighted by atomic mass is 16.5. The molecule has 0 rings (SSSR count). The molecule has 0 aliphatic heterocycles. The van der Waals surface area contributed by atoms with Crippen molar-refractivity contribution < 1.29 is 19.4 Å². The van der Waals surface area contributed by atoms with Gasteiger partial charge in [-0.15, -0.1) is 0 Å². The minimum atomic E-state index is -0.780. The number of nitrogens with one attached hydrogen (secondary N) is 1. The molecule has 0 aliphatic rings. The SMILES string of the molecule is C=C(C)C(=O)OCC(O)COCCCNC. The summed E-state index contributed by atoms with van der Waals surface area (Å²) in [5, 5.41) is 12.4. The van der Waals surface area contributed by atoms with E-state index >= 15 is 0 Å². The molecule has 0 saturated heterocycles. The van der Waals surface area contributed by atoms with Crippen LogP contribution in [0.25, 0.3) is 0 Å². The van der Waals surface area contributed by atoms with Crippen LogP contribution in [0.4, 0.5) is 0 Å². The van der Waals surface area contributed by atoms with Gasteiger partial charge in [0, 0.05) is 12.2 Å². The van der Waals surface area contributed by atoms with Crippen molar-refractivity contribution in [2.45, 2.75) is 19.4 Å². The molecule has 0 amide bonds. The summed E-state index contributed by atoms with van der Waals surface area (Å²) >= 11 is 0. The van der Waals surface area contributed by atoms with Crippen LogP contribution in [0.15, 0.2) is 12.2 Å². The van der Waals surface area contributed by atoms with Crippen molar-refractivity contribution in [1.29, 1.82) is 0 Å². The van der Waals surface area contributed by atoms with Crippen LogP contribution in [-0.2, 0) is 14.3 Å². The van der Waals surface area contributed by atoms with E-state index in [1.807, 2.05) is 7.05 Å². The minimum Gasteiger partial charge on any atom is -0.460 e. The number of aliphatic hydroxyl groups excluding tert-OH is 1. The van der Waals surface area contributed by atoms with Crippen molar-refractivity contribution in [2.75, 3.05) is 33.4 Å². The second-order valence-electron chi connectivity index (χ2n) is 3.56. The normalized spacial score (nSPS) is 12.2. The van der Waals surface area contributed by atoms with Crippen molar-refractivity contribution in [3.05, 3.63) is 12.2 Å². The number of hydrogen-bond acceptors (Lipinski definition) is 5. The van der Waals surface area contributed by atoms with Crippen molar-refractivity contribution in [1.82, 2.24) is 5.32 Å². The van der Waals surface area contributed by atoms with Crippen LogP contribution >= 0.6 is 0 Å². The zero-order valence-corrected chi connectivity index (χ0v) is 9.99. The number of carbonyl (C=O) groups excluding carboxylic acids is 1. The van der Waals surface area contributed by atoms with Gasteiger partial charge in [0.05, 0.1) is 6.61 Å². The third-order valence-corrected chi connectivity index (χ3v) is 1.78. The molecule has 5 nitrogen and oxygen atoms in total. The topological polar surface area (TPSA) is 67.8 Å². The maximum Gasteiger partial charge on any atom is 0.333 e. The highest BCUT2D eigenvalue weighted by Gasteiger charge is 2.09. The molecule has 0 fully saturated rings. The van der Waals surface area contributed by atoms with Crippen LogP contribution in [0.2, 0.25) is 0 Å². The molecule has 1 unspecified atom stereocenters. The predicted octanol–water partition coefficient (Wildman–Crippen LogP) is 0.0927. The molecule has 0 bridgehead atoms. The monoisotopic (exact) mass is 231 g/mol. The van der Waals surface area contributed by atoms with Gasteiger partial charge in [0.15, 0.2) is 0 Å². The van der Waals surface area contributed by atoms with Crippen molar-refractivity contribution >= 4 is 5.97 Å². The summed E-state index contributed by atoms with van der Waals surface area (Å²) in [5.74, 6) is -0.491. The summed E-state index contributed by atoms with van der Waals surface area (Å²) in [6, 6.07) is 0. The maximum absolute atomic E-state index is 11.0. The molecule has 1 atom stereocenters. The number of rotatable bonds is 9. The summed E-state index contributed by atoms with van der Waals surface area (Å²) in [7, 11) is 1.87. The molecule has 0 aromatic rings. The quantitative estimate of drug-likeness (QED) is 0.334. The number of ether oxygens (including phenoxy) is 2. The van der Waals surface area contributed by atoms with E-state index in [0.29, 0.717) is 12.2 Å². The van der Waals surface area contributed by atoms with E-state index in [2.05, 4.69) is 11.9 Å². The van der Waals surface area contributed by atoms with E-state index in [0.717, 1.165) is 13.0 Å². The van der Waals surface area contributed by atoms with Gasteiger partial charge < -0.3 is 19.9 Å². The minimum absolute atomic E-state index is 0.0578. The Balaban J connectivity index is 3.41. The van der Waals surface area contributed by atoms with Gasteiger partial charge in [0.1, 0.15) is 12.7 Å². The number of esters is 1. The predicted molar refractivity (Wildman–Crippen MR) is 61.1 cm³/mol. The first kappa shape index (κ1) is 15.1. The van der Waals surface area contributed by atoms with Gasteiger partial charge in [0.25, 0.3) is 0 Å². The van der Waals surface area contributed by atoms with E-state index in [-0.39, 0.29) is 13.2 Å². The molecule has 0 aromatic heterocycles. The van der Waals surface area contributed by atoms with Gasteiger partial charge in [-0.3, -0.25) is 0 Å². The second-order valence-corrected chi connectivity index (χ2v) is 3.56. The molecule has 0 radical (unpaired) electrons.